The Morgan fingerprint density at radius 2 is 1.85 bits per heavy atom. The third kappa shape index (κ3) is 8.30. The van der Waals surface area contributed by atoms with Crippen LogP contribution in [0.15, 0.2) is 59.5 Å². The molecular formula is C26H33F2N4O8P. The summed E-state index contributed by atoms with van der Waals surface area (Å²) in [4.78, 5) is 28.1. The van der Waals surface area contributed by atoms with Crippen molar-refractivity contribution in [1.82, 2.24) is 14.6 Å². The number of alkyl halides is 2. The van der Waals surface area contributed by atoms with Crippen molar-refractivity contribution >= 4 is 30.3 Å². The number of rotatable bonds is 14. The van der Waals surface area contributed by atoms with Crippen molar-refractivity contribution in [3.05, 3.63) is 65.2 Å². The van der Waals surface area contributed by atoms with E-state index in [4.69, 9.17) is 24.3 Å². The molecule has 0 bridgehead atoms. The number of carbonyl (C=O) groups is 1. The zero-order chi connectivity index (χ0) is 30.4. The minimum Gasteiger partial charge on any atom is -0.462 e. The molecule has 0 aliphatic carbocycles. The highest BCUT2D eigenvalue weighted by molar-refractivity contribution is 7.52. The van der Waals surface area contributed by atoms with Crippen LogP contribution in [0.3, 0.4) is 0 Å². The monoisotopic (exact) mass is 598 g/mol. The first kappa shape index (κ1) is 32.1. The highest BCUT2D eigenvalue weighted by Crippen LogP contribution is 2.48. The molecular weight excluding hydrogens is 565 g/mol. The van der Waals surface area contributed by atoms with Gasteiger partial charge in [0.25, 0.3) is 5.85 Å². The number of hydrogen-bond acceptors (Lipinski definition) is 10. The Kier molecular flexibility index (Phi) is 10.6. The number of fused-ring (bicyclic) bond motifs is 1. The maximum Gasteiger partial charge on any atom is 0.459 e. The van der Waals surface area contributed by atoms with Crippen LogP contribution in [0.2, 0.25) is 0 Å². The van der Waals surface area contributed by atoms with Gasteiger partial charge in [-0.05, 0) is 45.2 Å². The van der Waals surface area contributed by atoms with Gasteiger partial charge in [0, 0.05) is 11.6 Å². The summed E-state index contributed by atoms with van der Waals surface area (Å²) in [6.45, 7) is 2.86. The lowest BCUT2D eigenvalue weighted by molar-refractivity contribution is -0.260. The van der Waals surface area contributed by atoms with E-state index in [0.717, 1.165) is 18.5 Å². The third-order valence-electron chi connectivity index (χ3n) is 5.71. The molecule has 3 rings (SSSR count). The number of nitrogens with one attached hydrogen (secondary N) is 1. The number of esters is 1. The quantitative estimate of drug-likeness (QED) is 0.183. The number of nitrogens with two attached hydrogens (primary N) is 1. The molecule has 1 unspecified atom stereocenters. The van der Waals surface area contributed by atoms with E-state index >= 15 is 4.39 Å². The number of aliphatic hydroxyl groups is 1. The number of nitrogen functional groups attached to an aromatic ring is 1. The maximum absolute atomic E-state index is 16.0. The summed E-state index contributed by atoms with van der Waals surface area (Å²) in [5, 5.41) is 13.9. The van der Waals surface area contributed by atoms with E-state index in [9.17, 15) is 23.7 Å². The summed E-state index contributed by atoms with van der Waals surface area (Å²) < 4.78 is 65.9. The van der Waals surface area contributed by atoms with Crippen LogP contribution in [0.5, 0.6) is 5.75 Å². The van der Waals surface area contributed by atoms with E-state index in [1.807, 2.05) is 0 Å². The number of nitrogens with zero attached hydrogens (tertiary/aromatic N) is 2. The van der Waals surface area contributed by atoms with Crippen molar-refractivity contribution in [3.63, 3.8) is 0 Å². The van der Waals surface area contributed by atoms with Gasteiger partial charge in [0.15, 0.2) is 6.23 Å². The second-order valence-electron chi connectivity index (χ2n) is 9.41. The van der Waals surface area contributed by atoms with Gasteiger partial charge in [-0.3, -0.25) is 13.9 Å². The average molecular weight is 599 g/mol. The van der Waals surface area contributed by atoms with Crippen molar-refractivity contribution < 1.29 is 41.8 Å². The fourth-order valence-electron chi connectivity index (χ4n) is 3.58. The van der Waals surface area contributed by atoms with E-state index < -0.39 is 63.0 Å². The first-order valence-electron chi connectivity index (χ1n) is 12.6. The molecule has 0 amide bonds. The summed E-state index contributed by atoms with van der Waals surface area (Å²) in [6, 6.07) is 11.8. The zero-order valence-electron chi connectivity index (χ0n) is 22.9. The van der Waals surface area contributed by atoms with Gasteiger partial charge < -0.3 is 24.8 Å². The molecule has 0 spiro atoms. The molecule has 224 valence electrons. The van der Waals surface area contributed by atoms with Crippen LogP contribution in [0.1, 0.15) is 33.9 Å². The Labute approximate surface area is 235 Å². The second kappa shape index (κ2) is 13.5. The number of carbonyl (C=O) groups excluding carboxylic acids is 1. The van der Waals surface area contributed by atoms with Crippen LogP contribution in [0, 0.1) is 0 Å². The number of hydrogen-bond donors (Lipinski definition) is 3. The van der Waals surface area contributed by atoms with Crippen LogP contribution < -0.4 is 21.0 Å². The summed E-state index contributed by atoms with van der Waals surface area (Å²) >= 11 is 0. The highest BCUT2D eigenvalue weighted by atomic mass is 31.2. The minimum atomic E-state index is -4.65. The molecule has 1 aromatic heterocycles. The molecule has 0 saturated heterocycles. The molecule has 0 radical (unpaired) electrons. The number of aromatic nitrogens is 2. The van der Waals surface area contributed by atoms with Crippen LogP contribution in [0.25, 0.3) is 10.8 Å². The highest BCUT2D eigenvalue weighted by Gasteiger charge is 2.44. The number of ether oxygens (including phenoxy) is 2. The minimum absolute atomic E-state index is 0.0759. The fourth-order valence-corrected chi connectivity index (χ4v) is 5.10. The van der Waals surface area contributed by atoms with Crippen LogP contribution in [-0.4, -0.2) is 58.0 Å². The second-order valence-corrected chi connectivity index (χ2v) is 11.1. The number of halogens is 2. The zero-order valence-corrected chi connectivity index (χ0v) is 23.8. The Balaban J connectivity index is 1.93. The molecule has 0 aliphatic rings. The number of aliphatic hydroxyl groups excluding tert-OH is 1. The fraction of sp³-hybridized carbons (Fsp3) is 0.423. The van der Waals surface area contributed by atoms with Crippen molar-refractivity contribution in [3.8, 4) is 5.75 Å². The molecule has 0 fully saturated rings. The molecule has 15 heteroatoms. The SMILES string of the molecule is CC(C)OC(=O)[C@H](C)NP(=O)(OC[C@@](F)(O[C@H](CF)n1ccc(N)nc1=O)[C@H](C)O)Oc1cccc2ccccc12. The van der Waals surface area contributed by atoms with Crippen molar-refractivity contribution in [2.75, 3.05) is 19.0 Å². The molecule has 2 aromatic carbocycles. The lowest BCUT2D eigenvalue weighted by Gasteiger charge is -2.33. The van der Waals surface area contributed by atoms with Crippen molar-refractivity contribution in [1.29, 1.82) is 0 Å². The van der Waals surface area contributed by atoms with E-state index in [0.29, 0.717) is 9.95 Å². The van der Waals surface area contributed by atoms with E-state index in [-0.39, 0.29) is 11.6 Å². The van der Waals surface area contributed by atoms with Crippen molar-refractivity contribution in [2.24, 2.45) is 0 Å². The van der Waals surface area contributed by atoms with Crippen molar-refractivity contribution in [2.45, 2.75) is 58.0 Å². The van der Waals surface area contributed by atoms with Gasteiger partial charge in [-0.25, -0.2) is 18.1 Å². The lowest BCUT2D eigenvalue weighted by atomic mass is 10.1. The van der Waals surface area contributed by atoms with Gasteiger partial charge in [0.05, 0.1) is 6.10 Å². The molecule has 4 N–H and O–H groups in total. The first-order valence-corrected chi connectivity index (χ1v) is 14.2. The summed E-state index contributed by atoms with van der Waals surface area (Å²) in [5.74, 6) is -4.10. The van der Waals surface area contributed by atoms with Gasteiger partial charge in [0.1, 0.15) is 37.0 Å². The molecule has 12 nitrogen and oxygen atoms in total. The molecule has 3 aromatic rings. The Morgan fingerprint density at radius 1 is 1.17 bits per heavy atom. The normalized spacial score (nSPS) is 16.9. The predicted octanol–water partition coefficient (Wildman–Crippen LogP) is 3.64. The van der Waals surface area contributed by atoms with E-state index in [1.165, 1.54) is 19.1 Å². The van der Waals surface area contributed by atoms with Crippen LogP contribution in [-0.2, 0) is 23.4 Å². The summed E-state index contributed by atoms with van der Waals surface area (Å²) in [6.07, 6.45) is -3.33. The summed E-state index contributed by atoms with van der Waals surface area (Å²) in [5.41, 5.74) is 4.41. The topological polar surface area (TPSA) is 164 Å². The third-order valence-corrected chi connectivity index (χ3v) is 7.32. The predicted molar refractivity (Wildman–Crippen MR) is 146 cm³/mol. The lowest BCUT2D eigenvalue weighted by Crippen LogP contribution is -2.47. The molecule has 1 heterocycles. The first-order chi connectivity index (χ1) is 19.3. The Hall–Kier alpha value is -3.42. The van der Waals surface area contributed by atoms with Gasteiger partial charge in [0.2, 0.25) is 0 Å². The maximum atomic E-state index is 16.0. The van der Waals surface area contributed by atoms with Gasteiger partial charge in [-0.15, -0.1) is 0 Å². The van der Waals surface area contributed by atoms with Gasteiger partial charge in [-0.1, -0.05) is 36.4 Å². The number of benzene rings is 2. The largest absolute Gasteiger partial charge is 0.462 e. The van der Waals surface area contributed by atoms with Gasteiger partial charge in [-0.2, -0.15) is 10.1 Å². The van der Waals surface area contributed by atoms with Crippen LogP contribution >= 0.6 is 7.75 Å². The van der Waals surface area contributed by atoms with Crippen LogP contribution in [0.4, 0.5) is 14.6 Å². The Morgan fingerprint density at radius 3 is 2.49 bits per heavy atom. The average Bonchev–Trinajstić information content (AvgIpc) is 2.90. The van der Waals surface area contributed by atoms with E-state index in [1.54, 1.807) is 50.2 Å². The smallest absolute Gasteiger partial charge is 0.459 e. The van der Waals surface area contributed by atoms with E-state index in [2.05, 4.69) is 10.1 Å². The number of anilines is 1. The van der Waals surface area contributed by atoms with Gasteiger partial charge >= 0.3 is 19.4 Å². The molecule has 0 aliphatic heterocycles. The summed E-state index contributed by atoms with van der Waals surface area (Å²) in [7, 11) is -4.65. The molecule has 41 heavy (non-hydrogen) atoms. The molecule has 5 atom stereocenters. The Bertz CT molecular complexity index is 1450. The molecule has 0 saturated carbocycles. The standard InChI is InChI=1S/C26H33F2N4O8P/c1-16(2)38-24(34)17(3)31-41(36,40-21-11-7-9-19-8-5-6-10-20(19)21)37-15-26(28,18(4)33)39-23(14-27)32-13-12-22(29)30-25(32)35/h5-13,16-18,23,33H,14-15H2,1-4H3,(H,31,36)(H2,29,30,35)/t17-,18-,23+,26+,41?/m0/s1.